The summed E-state index contributed by atoms with van der Waals surface area (Å²) in [7, 11) is 0. The maximum atomic E-state index is 12.1. The molecule has 0 aromatic rings. The van der Waals surface area contributed by atoms with Crippen molar-refractivity contribution >= 4 is 5.97 Å². The molecule has 28 heavy (non-hydrogen) atoms. The van der Waals surface area contributed by atoms with Crippen molar-refractivity contribution in [1.82, 2.24) is 5.32 Å². The minimum atomic E-state index is -0.198. The molecule has 0 amide bonds. The highest BCUT2D eigenvalue weighted by Crippen LogP contribution is 2.61. The van der Waals surface area contributed by atoms with Gasteiger partial charge >= 0.3 is 5.97 Å². The highest BCUT2D eigenvalue weighted by Gasteiger charge is 2.55. The van der Waals surface area contributed by atoms with Crippen LogP contribution < -0.4 is 10.2 Å². The second kappa shape index (κ2) is 8.77. The molecule has 4 saturated carbocycles. The van der Waals surface area contributed by atoms with E-state index in [2.05, 4.69) is 33.0 Å². The number of hydrogen-bond acceptors (Lipinski definition) is 3. The van der Waals surface area contributed by atoms with Crippen molar-refractivity contribution in [3.05, 3.63) is 11.8 Å². The zero-order chi connectivity index (χ0) is 20.5. The van der Waals surface area contributed by atoms with E-state index < -0.39 is 0 Å². The Bertz CT molecular complexity index is 538. The van der Waals surface area contributed by atoms with Gasteiger partial charge in [-0.2, -0.15) is 0 Å². The van der Waals surface area contributed by atoms with Crippen LogP contribution >= 0.6 is 0 Å². The highest BCUT2D eigenvalue weighted by molar-refractivity contribution is 5.87. The second-order valence-corrected chi connectivity index (χ2v) is 10.6. The summed E-state index contributed by atoms with van der Waals surface area (Å²) in [6.45, 7) is 14.7. The summed E-state index contributed by atoms with van der Waals surface area (Å²) in [4.78, 5) is 13.8. The van der Waals surface area contributed by atoms with Crippen LogP contribution in [-0.4, -0.2) is 37.2 Å². The lowest BCUT2D eigenvalue weighted by molar-refractivity contribution is -0.944. The van der Waals surface area contributed by atoms with Gasteiger partial charge in [0.1, 0.15) is 0 Å². The molecule has 4 aliphatic carbocycles. The van der Waals surface area contributed by atoms with E-state index in [1.54, 1.807) is 4.90 Å². The zero-order valence-electron chi connectivity index (χ0n) is 19.0. The van der Waals surface area contributed by atoms with Gasteiger partial charge in [-0.3, -0.25) is 0 Å². The highest BCUT2D eigenvalue weighted by atomic mass is 16.5. The van der Waals surface area contributed by atoms with E-state index >= 15 is 0 Å². The fourth-order valence-corrected chi connectivity index (χ4v) is 6.96. The number of esters is 1. The lowest BCUT2D eigenvalue weighted by atomic mass is 9.47. The molecule has 4 bridgehead atoms. The summed E-state index contributed by atoms with van der Waals surface area (Å²) in [6.07, 6.45) is 10.5. The molecule has 0 aromatic carbocycles. The standard InChI is InChI=1S/C24H42N2O2/c1-7-28-23(27)18(6)14-25-22(15-26(16(2)3)17(4)5)24-11-19-8-20(12-24)10-21(9-19)13-24/h14,16-17,19-22,25H,7-13,15H2,1-6H3/p+1/b18-14-/t19?,20?,21?,22-,24?/m1/s1. The maximum absolute atomic E-state index is 12.1. The van der Waals surface area contributed by atoms with Gasteiger partial charge in [-0.15, -0.1) is 0 Å². The van der Waals surface area contributed by atoms with E-state index in [1.807, 2.05) is 20.0 Å². The Labute approximate surface area is 172 Å². The van der Waals surface area contributed by atoms with Gasteiger partial charge in [0.15, 0.2) is 0 Å². The average molecular weight is 392 g/mol. The lowest BCUT2D eigenvalue weighted by Gasteiger charge is -2.59. The largest absolute Gasteiger partial charge is 0.463 e. The minimum absolute atomic E-state index is 0.198. The van der Waals surface area contributed by atoms with Crippen LogP contribution in [-0.2, 0) is 9.53 Å². The van der Waals surface area contributed by atoms with Crippen molar-refractivity contribution < 1.29 is 14.4 Å². The predicted molar refractivity (Wildman–Crippen MR) is 114 cm³/mol. The normalized spacial score (nSPS) is 33.0. The Kier molecular flexibility index (Phi) is 6.79. The molecule has 0 aromatic heterocycles. The average Bonchev–Trinajstić information content (AvgIpc) is 2.59. The van der Waals surface area contributed by atoms with E-state index in [0.717, 1.165) is 24.3 Å². The fourth-order valence-electron chi connectivity index (χ4n) is 6.96. The Balaban J connectivity index is 1.82. The number of rotatable bonds is 9. The molecule has 0 spiro atoms. The Hall–Kier alpha value is -1.03. The number of hydrogen-bond donors (Lipinski definition) is 2. The van der Waals surface area contributed by atoms with Gasteiger partial charge in [0, 0.05) is 11.8 Å². The van der Waals surface area contributed by atoms with Crippen LogP contribution in [0.5, 0.6) is 0 Å². The number of carbonyl (C=O) groups is 1. The van der Waals surface area contributed by atoms with Gasteiger partial charge in [0.2, 0.25) is 0 Å². The van der Waals surface area contributed by atoms with E-state index in [0.29, 0.717) is 35.7 Å². The first-order valence-corrected chi connectivity index (χ1v) is 11.7. The van der Waals surface area contributed by atoms with Crippen molar-refractivity contribution in [2.75, 3.05) is 13.2 Å². The van der Waals surface area contributed by atoms with E-state index in [9.17, 15) is 4.79 Å². The Morgan fingerprint density at radius 1 is 1.07 bits per heavy atom. The molecule has 4 nitrogen and oxygen atoms in total. The van der Waals surface area contributed by atoms with Gasteiger partial charge in [-0.25, -0.2) is 4.79 Å². The minimum Gasteiger partial charge on any atom is -0.463 e. The van der Waals surface area contributed by atoms with Crippen LogP contribution in [0.1, 0.15) is 80.1 Å². The van der Waals surface area contributed by atoms with Crippen molar-refractivity contribution in [2.24, 2.45) is 23.2 Å². The van der Waals surface area contributed by atoms with Gasteiger partial charge in [0.05, 0.1) is 31.3 Å². The van der Waals surface area contributed by atoms with Gasteiger partial charge in [0.25, 0.3) is 0 Å². The molecule has 4 aliphatic rings. The summed E-state index contributed by atoms with van der Waals surface area (Å²) in [6, 6.07) is 1.65. The van der Waals surface area contributed by atoms with E-state index in [1.165, 1.54) is 38.5 Å². The van der Waals surface area contributed by atoms with Crippen LogP contribution in [0.2, 0.25) is 0 Å². The SMILES string of the molecule is CCOC(=O)/C(C)=C\N[C@H](C[NH+](C(C)C)C(C)C)C12CC3CC(CC(C3)C1)C2. The molecule has 4 rings (SSSR count). The van der Waals surface area contributed by atoms with Crippen molar-refractivity contribution in [3.63, 3.8) is 0 Å². The molecule has 0 radical (unpaired) electrons. The Morgan fingerprint density at radius 3 is 2.00 bits per heavy atom. The zero-order valence-corrected chi connectivity index (χ0v) is 19.0. The first-order chi connectivity index (χ1) is 13.2. The third-order valence-corrected chi connectivity index (χ3v) is 7.85. The first-order valence-electron chi connectivity index (χ1n) is 11.7. The maximum Gasteiger partial charge on any atom is 0.335 e. The number of carbonyl (C=O) groups excluding carboxylic acids is 1. The smallest absolute Gasteiger partial charge is 0.335 e. The summed E-state index contributed by atoms with van der Waals surface area (Å²) in [5.41, 5.74) is 1.10. The summed E-state index contributed by atoms with van der Waals surface area (Å²) < 4.78 is 5.19. The summed E-state index contributed by atoms with van der Waals surface area (Å²) >= 11 is 0. The third-order valence-electron chi connectivity index (χ3n) is 7.85. The first kappa shape index (κ1) is 21.7. The predicted octanol–water partition coefficient (Wildman–Crippen LogP) is 3.33. The van der Waals surface area contributed by atoms with Crippen molar-refractivity contribution in [1.29, 1.82) is 0 Å². The van der Waals surface area contributed by atoms with Gasteiger partial charge in [-0.05, 0) is 103 Å². The molecular weight excluding hydrogens is 348 g/mol. The van der Waals surface area contributed by atoms with Crippen LogP contribution in [0, 0.1) is 23.2 Å². The van der Waals surface area contributed by atoms with Crippen LogP contribution in [0.15, 0.2) is 11.8 Å². The summed E-state index contributed by atoms with van der Waals surface area (Å²) in [5, 5.41) is 3.77. The van der Waals surface area contributed by atoms with Crippen LogP contribution in [0.4, 0.5) is 0 Å². The number of quaternary nitrogens is 1. The quantitative estimate of drug-likeness (QED) is 0.468. The van der Waals surface area contributed by atoms with Crippen LogP contribution in [0.3, 0.4) is 0 Å². The van der Waals surface area contributed by atoms with E-state index in [-0.39, 0.29) is 5.97 Å². The topological polar surface area (TPSA) is 42.8 Å². The van der Waals surface area contributed by atoms with Crippen molar-refractivity contribution in [3.8, 4) is 0 Å². The molecular formula is C24H43N2O2+. The van der Waals surface area contributed by atoms with Crippen molar-refractivity contribution in [2.45, 2.75) is 98.2 Å². The molecule has 0 saturated heterocycles. The molecule has 0 heterocycles. The fraction of sp³-hybridized carbons (Fsp3) is 0.875. The molecule has 4 heteroatoms. The number of nitrogens with one attached hydrogen (secondary N) is 2. The number of ether oxygens (including phenoxy) is 1. The second-order valence-electron chi connectivity index (χ2n) is 10.6. The molecule has 0 unspecified atom stereocenters. The Morgan fingerprint density at radius 2 is 1.57 bits per heavy atom. The van der Waals surface area contributed by atoms with Gasteiger partial charge in [-0.1, -0.05) is 0 Å². The summed E-state index contributed by atoms with van der Waals surface area (Å²) in [5.74, 6) is 2.61. The molecule has 160 valence electrons. The van der Waals surface area contributed by atoms with Gasteiger partial charge < -0.3 is 15.0 Å². The molecule has 2 N–H and O–H groups in total. The lowest BCUT2D eigenvalue weighted by Crippen LogP contribution is -3.19. The third kappa shape index (κ3) is 4.58. The monoisotopic (exact) mass is 391 g/mol. The van der Waals surface area contributed by atoms with E-state index in [4.69, 9.17) is 4.74 Å². The molecule has 4 fully saturated rings. The molecule has 1 atom stereocenters. The molecule has 0 aliphatic heterocycles. The van der Waals surface area contributed by atoms with Crippen LogP contribution in [0.25, 0.3) is 0 Å².